The fraction of sp³-hybridized carbons (Fsp3) is 0.690. The molecule has 0 spiro atoms. The van der Waals surface area contributed by atoms with Gasteiger partial charge in [0.2, 0.25) is 11.8 Å². The van der Waals surface area contributed by atoms with Crippen LogP contribution in [0.5, 0.6) is 0 Å². The average molecular weight is 696 g/mol. The molecule has 9 heteroatoms. The molecule has 7 fully saturated rings. The SMILES string of the molecule is CC(C)[C@H](NC(=O)[C@@H]1[C@H]2CCC[C@H]2CN1C(=O)[C@@H](CC1CCCCC1)NC(=O)c1ccc2ccccc2c1)B1O[C@@H]2C[C@@H]3C[C@@H](C3(C)C)[C@]2(C)O1. The first-order chi connectivity index (χ1) is 24.4. The standard InChI is InChI=1S/C42H58BN3O5/c1-25(2)37(43-50-35-23-31-22-34(41(31,3)4)42(35,5)51-43)45-39(48)36-32-17-11-16-30(32)24-46(36)40(49)33(20-26-12-7-6-8-13-26)44-38(47)29-19-18-27-14-9-10-15-28(27)21-29/h9-10,14-15,18-19,21,25-26,30-37H,6-8,11-13,16-17,20,22-24H2,1-5H3,(H,44,47)(H,45,48)/t30-,31-,32-,33+,34-,35+,36-,37-,42-/m0/s1. The molecule has 2 N–H and O–H groups in total. The van der Waals surface area contributed by atoms with Gasteiger partial charge in [-0.05, 0) is 103 Å². The lowest BCUT2D eigenvalue weighted by Crippen LogP contribution is -2.65. The molecule has 2 saturated heterocycles. The average Bonchev–Trinajstić information content (AvgIpc) is 3.82. The van der Waals surface area contributed by atoms with Gasteiger partial charge in [-0.15, -0.1) is 0 Å². The Hall–Kier alpha value is -2.91. The molecule has 5 aliphatic carbocycles. The van der Waals surface area contributed by atoms with Gasteiger partial charge in [0, 0.05) is 12.1 Å². The number of fused-ring (bicyclic) bond motifs is 2. The number of amides is 3. The van der Waals surface area contributed by atoms with Crippen LogP contribution < -0.4 is 10.6 Å². The van der Waals surface area contributed by atoms with Gasteiger partial charge in [0.15, 0.2) is 0 Å². The molecule has 7 aliphatic rings. The van der Waals surface area contributed by atoms with E-state index in [1.165, 1.54) is 12.8 Å². The van der Waals surface area contributed by atoms with Crippen molar-refractivity contribution in [1.82, 2.24) is 15.5 Å². The molecule has 2 aromatic carbocycles. The quantitative estimate of drug-likeness (QED) is 0.277. The largest absolute Gasteiger partial charge is 0.481 e. The van der Waals surface area contributed by atoms with Crippen molar-refractivity contribution in [1.29, 1.82) is 0 Å². The Kier molecular flexibility index (Phi) is 9.30. The molecule has 2 heterocycles. The van der Waals surface area contributed by atoms with Crippen LogP contribution in [0, 0.1) is 40.9 Å². The monoisotopic (exact) mass is 695 g/mol. The molecule has 9 atom stereocenters. The summed E-state index contributed by atoms with van der Waals surface area (Å²) in [5.41, 5.74) is 0.428. The Morgan fingerprint density at radius 2 is 1.69 bits per heavy atom. The summed E-state index contributed by atoms with van der Waals surface area (Å²) in [7, 11) is -0.524. The molecular weight excluding hydrogens is 637 g/mol. The normalized spacial score (nSPS) is 33.8. The Balaban J connectivity index is 1.02. The zero-order valence-corrected chi connectivity index (χ0v) is 31.4. The minimum absolute atomic E-state index is 0.0351. The van der Waals surface area contributed by atoms with Gasteiger partial charge in [-0.25, -0.2) is 0 Å². The van der Waals surface area contributed by atoms with Crippen molar-refractivity contribution in [3.63, 3.8) is 0 Å². The predicted molar refractivity (Wildman–Crippen MR) is 200 cm³/mol. The topological polar surface area (TPSA) is 97.0 Å². The third kappa shape index (κ3) is 6.22. The Labute approximate surface area is 304 Å². The highest BCUT2D eigenvalue weighted by molar-refractivity contribution is 6.48. The molecule has 5 saturated carbocycles. The molecule has 8 nitrogen and oxygen atoms in total. The molecule has 0 unspecified atom stereocenters. The summed E-state index contributed by atoms with van der Waals surface area (Å²) in [5, 5.41) is 8.67. The number of likely N-dealkylation sites (tertiary alicyclic amines) is 1. The number of carbonyl (C=O) groups is 3. The van der Waals surface area contributed by atoms with E-state index < -0.39 is 19.2 Å². The minimum Gasteiger partial charge on any atom is -0.404 e. The van der Waals surface area contributed by atoms with Crippen LogP contribution in [0.25, 0.3) is 10.8 Å². The van der Waals surface area contributed by atoms with Crippen LogP contribution in [0.4, 0.5) is 0 Å². The van der Waals surface area contributed by atoms with Gasteiger partial charge < -0.3 is 24.8 Å². The van der Waals surface area contributed by atoms with Crippen molar-refractivity contribution in [3.8, 4) is 0 Å². The second-order valence-electron chi connectivity index (χ2n) is 18.2. The molecule has 9 rings (SSSR count). The van der Waals surface area contributed by atoms with E-state index in [2.05, 4.69) is 45.3 Å². The molecule has 2 aliphatic heterocycles. The van der Waals surface area contributed by atoms with E-state index in [9.17, 15) is 14.4 Å². The molecular formula is C42H58BN3O5. The van der Waals surface area contributed by atoms with Crippen LogP contribution in [0.3, 0.4) is 0 Å². The van der Waals surface area contributed by atoms with Crippen molar-refractivity contribution >= 4 is 35.6 Å². The van der Waals surface area contributed by atoms with Crippen LogP contribution >= 0.6 is 0 Å². The second-order valence-corrected chi connectivity index (χ2v) is 18.2. The smallest absolute Gasteiger partial charge is 0.404 e. The van der Waals surface area contributed by atoms with Crippen molar-refractivity contribution in [3.05, 3.63) is 48.0 Å². The molecule has 274 valence electrons. The zero-order valence-electron chi connectivity index (χ0n) is 31.4. The number of benzene rings is 2. The number of nitrogens with one attached hydrogen (secondary N) is 2. The van der Waals surface area contributed by atoms with Crippen molar-refractivity contribution in [2.45, 2.75) is 135 Å². The summed E-state index contributed by atoms with van der Waals surface area (Å²) in [6, 6.07) is 12.5. The van der Waals surface area contributed by atoms with Crippen LogP contribution in [0.2, 0.25) is 0 Å². The van der Waals surface area contributed by atoms with Crippen LogP contribution in [-0.2, 0) is 18.9 Å². The maximum absolute atomic E-state index is 14.8. The van der Waals surface area contributed by atoms with Gasteiger partial charge in [0.25, 0.3) is 5.91 Å². The van der Waals surface area contributed by atoms with E-state index in [0.717, 1.165) is 62.1 Å². The number of hydrogen-bond acceptors (Lipinski definition) is 5. The Bertz CT molecular complexity index is 1660. The van der Waals surface area contributed by atoms with Crippen LogP contribution in [-0.4, -0.2) is 66.0 Å². The molecule has 3 amide bonds. The maximum Gasteiger partial charge on any atom is 0.481 e. The van der Waals surface area contributed by atoms with E-state index in [0.29, 0.717) is 42.2 Å². The number of rotatable bonds is 9. The van der Waals surface area contributed by atoms with E-state index in [-0.39, 0.29) is 52.6 Å². The molecule has 0 radical (unpaired) electrons. The number of hydrogen-bond donors (Lipinski definition) is 2. The first-order valence-corrected chi connectivity index (χ1v) is 20.2. The summed E-state index contributed by atoms with van der Waals surface area (Å²) in [4.78, 5) is 45.1. The third-order valence-corrected chi connectivity index (χ3v) is 14.6. The van der Waals surface area contributed by atoms with Gasteiger partial charge in [-0.2, -0.15) is 0 Å². The number of carbonyl (C=O) groups excluding carboxylic acids is 3. The van der Waals surface area contributed by atoms with Gasteiger partial charge in [-0.3, -0.25) is 14.4 Å². The van der Waals surface area contributed by atoms with Crippen molar-refractivity contribution < 1.29 is 23.7 Å². The van der Waals surface area contributed by atoms with Gasteiger partial charge in [0.05, 0.1) is 17.6 Å². The highest BCUT2D eigenvalue weighted by atomic mass is 16.7. The van der Waals surface area contributed by atoms with E-state index in [4.69, 9.17) is 9.31 Å². The van der Waals surface area contributed by atoms with Crippen LogP contribution in [0.1, 0.15) is 116 Å². The zero-order chi connectivity index (χ0) is 35.7. The van der Waals surface area contributed by atoms with Gasteiger partial charge in [0.1, 0.15) is 12.1 Å². The summed E-state index contributed by atoms with van der Waals surface area (Å²) < 4.78 is 13.5. The molecule has 0 aromatic heterocycles. The van der Waals surface area contributed by atoms with Crippen LogP contribution in [0.15, 0.2) is 42.5 Å². The lowest BCUT2D eigenvalue weighted by Gasteiger charge is -2.64. The van der Waals surface area contributed by atoms with E-state index in [1.54, 1.807) is 0 Å². The predicted octanol–water partition coefficient (Wildman–Crippen LogP) is 6.94. The van der Waals surface area contributed by atoms with Crippen molar-refractivity contribution in [2.75, 3.05) is 6.54 Å². The fourth-order valence-corrected chi connectivity index (χ4v) is 11.5. The summed E-state index contributed by atoms with van der Waals surface area (Å²) >= 11 is 0. The lowest BCUT2D eigenvalue weighted by molar-refractivity contribution is -0.199. The maximum atomic E-state index is 14.8. The Morgan fingerprint density at radius 3 is 2.43 bits per heavy atom. The highest BCUT2D eigenvalue weighted by Gasteiger charge is 2.69. The van der Waals surface area contributed by atoms with Gasteiger partial charge >= 0.3 is 7.12 Å². The molecule has 51 heavy (non-hydrogen) atoms. The fourth-order valence-electron chi connectivity index (χ4n) is 11.5. The molecule has 2 bridgehead atoms. The van der Waals surface area contributed by atoms with E-state index >= 15 is 0 Å². The second kappa shape index (κ2) is 13.5. The summed E-state index contributed by atoms with van der Waals surface area (Å²) in [5.74, 6) is 1.18. The number of nitrogens with zero attached hydrogens (tertiary/aromatic N) is 1. The first-order valence-electron chi connectivity index (χ1n) is 20.2. The highest BCUT2D eigenvalue weighted by Crippen LogP contribution is 2.65. The summed E-state index contributed by atoms with van der Waals surface area (Å²) in [6.45, 7) is 11.7. The third-order valence-electron chi connectivity index (χ3n) is 14.6. The first kappa shape index (κ1) is 35.1. The van der Waals surface area contributed by atoms with E-state index in [1.807, 2.05) is 47.4 Å². The lowest BCUT2D eigenvalue weighted by atomic mass is 9.43. The Morgan fingerprint density at radius 1 is 0.922 bits per heavy atom. The summed E-state index contributed by atoms with van der Waals surface area (Å²) in [6.07, 6.45) is 11.5. The minimum atomic E-state index is -0.679. The van der Waals surface area contributed by atoms with Gasteiger partial charge in [-0.1, -0.05) is 96.6 Å². The molecule has 2 aromatic rings. The van der Waals surface area contributed by atoms with Crippen molar-refractivity contribution in [2.24, 2.45) is 40.9 Å².